The second-order valence-electron chi connectivity index (χ2n) is 4.55. The zero-order valence-corrected chi connectivity index (χ0v) is 9.37. The van der Waals surface area contributed by atoms with Gasteiger partial charge in [0.05, 0.1) is 6.10 Å². The topological polar surface area (TPSA) is 48.9 Å². The van der Waals surface area contributed by atoms with Gasteiger partial charge in [0.15, 0.2) is 0 Å². The van der Waals surface area contributed by atoms with E-state index in [9.17, 15) is 5.11 Å². The van der Waals surface area contributed by atoms with E-state index in [4.69, 9.17) is 0 Å². The smallest absolute Gasteiger partial charge is 0.109 e. The molecule has 0 saturated heterocycles. The van der Waals surface area contributed by atoms with Gasteiger partial charge in [-0.05, 0) is 32.1 Å². The third-order valence-electron chi connectivity index (χ3n) is 3.25. The zero-order chi connectivity index (χ0) is 10.7. The third-order valence-corrected chi connectivity index (χ3v) is 3.25. The fraction of sp³-hybridized carbons (Fsp3) is 0.750. The van der Waals surface area contributed by atoms with Crippen LogP contribution in [0.1, 0.15) is 56.5 Å². The number of aliphatic hydroxyl groups is 1. The Morgan fingerprint density at radius 3 is 2.80 bits per heavy atom. The Labute approximate surface area is 90.9 Å². The minimum Gasteiger partial charge on any atom is -0.393 e. The quantitative estimate of drug-likeness (QED) is 0.801. The van der Waals surface area contributed by atoms with Crippen molar-refractivity contribution in [2.24, 2.45) is 0 Å². The summed E-state index contributed by atoms with van der Waals surface area (Å²) in [5.74, 6) is 1.67. The summed E-state index contributed by atoms with van der Waals surface area (Å²) in [4.78, 5) is 7.85. The van der Waals surface area contributed by atoms with E-state index >= 15 is 0 Å². The summed E-state index contributed by atoms with van der Waals surface area (Å²) in [5, 5.41) is 9.43. The Morgan fingerprint density at radius 1 is 1.40 bits per heavy atom. The SMILES string of the molecule is CCCc1cnc(C2CCC(O)CC2)[nH]1. The molecule has 0 atom stereocenters. The Morgan fingerprint density at radius 2 is 2.13 bits per heavy atom. The highest BCUT2D eigenvalue weighted by Gasteiger charge is 2.22. The van der Waals surface area contributed by atoms with Crippen LogP contribution < -0.4 is 0 Å². The van der Waals surface area contributed by atoms with Gasteiger partial charge < -0.3 is 10.1 Å². The monoisotopic (exact) mass is 208 g/mol. The van der Waals surface area contributed by atoms with Gasteiger partial charge in [-0.15, -0.1) is 0 Å². The largest absolute Gasteiger partial charge is 0.393 e. The molecule has 3 nitrogen and oxygen atoms in total. The average molecular weight is 208 g/mol. The minimum absolute atomic E-state index is 0.0775. The predicted molar refractivity (Wildman–Crippen MR) is 59.8 cm³/mol. The second kappa shape index (κ2) is 4.79. The van der Waals surface area contributed by atoms with Crippen molar-refractivity contribution in [2.45, 2.75) is 57.5 Å². The van der Waals surface area contributed by atoms with Crippen LogP contribution >= 0.6 is 0 Å². The van der Waals surface area contributed by atoms with E-state index in [0.29, 0.717) is 5.92 Å². The molecular weight excluding hydrogens is 188 g/mol. The highest BCUT2D eigenvalue weighted by atomic mass is 16.3. The van der Waals surface area contributed by atoms with Crippen LogP contribution in [0.25, 0.3) is 0 Å². The van der Waals surface area contributed by atoms with Crippen molar-refractivity contribution in [1.82, 2.24) is 9.97 Å². The summed E-state index contributed by atoms with van der Waals surface area (Å²) in [6.07, 6.45) is 8.12. The lowest BCUT2D eigenvalue weighted by molar-refractivity contribution is 0.121. The normalized spacial score (nSPS) is 26.8. The maximum Gasteiger partial charge on any atom is 0.109 e. The Hall–Kier alpha value is -0.830. The molecule has 0 amide bonds. The Kier molecular flexibility index (Phi) is 3.41. The van der Waals surface area contributed by atoms with Gasteiger partial charge in [0.2, 0.25) is 0 Å². The second-order valence-corrected chi connectivity index (χ2v) is 4.55. The van der Waals surface area contributed by atoms with E-state index in [1.165, 1.54) is 5.69 Å². The van der Waals surface area contributed by atoms with E-state index in [1.54, 1.807) is 0 Å². The number of hydrogen-bond acceptors (Lipinski definition) is 2. The van der Waals surface area contributed by atoms with E-state index in [2.05, 4.69) is 16.9 Å². The predicted octanol–water partition coefficient (Wildman–Crippen LogP) is 2.38. The highest BCUT2D eigenvalue weighted by Crippen LogP contribution is 2.31. The first-order chi connectivity index (χ1) is 7.29. The van der Waals surface area contributed by atoms with Gasteiger partial charge in [-0.2, -0.15) is 0 Å². The van der Waals surface area contributed by atoms with Crippen molar-refractivity contribution < 1.29 is 5.11 Å². The summed E-state index contributed by atoms with van der Waals surface area (Å²) in [6.45, 7) is 2.18. The van der Waals surface area contributed by atoms with Gasteiger partial charge in [0.1, 0.15) is 5.82 Å². The van der Waals surface area contributed by atoms with Crippen LogP contribution in [0.15, 0.2) is 6.20 Å². The maximum absolute atomic E-state index is 9.43. The van der Waals surface area contributed by atoms with Crippen molar-refractivity contribution in [3.05, 3.63) is 17.7 Å². The highest BCUT2D eigenvalue weighted by molar-refractivity contribution is 5.06. The maximum atomic E-state index is 9.43. The van der Waals surface area contributed by atoms with Crippen LogP contribution in [0.5, 0.6) is 0 Å². The van der Waals surface area contributed by atoms with Gasteiger partial charge >= 0.3 is 0 Å². The number of aryl methyl sites for hydroxylation is 1. The molecule has 1 aromatic heterocycles. The van der Waals surface area contributed by atoms with Gasteiger partial charge in [-0.3, -0.25) is 0 Å². The van der Waals surface area contributed by atoms with Gasteiger partial charge in [0.25, 0.3) is 0 Å². The van der Waals surface area contributed by atoms with E-state index < -0.39 is 0 Å². The number of nitrogens with zero attached hydrogens (tertiary/aromatic N) is 1. The molecule has 1 aliphatic rings. The van der Waals surface area contributed by atoms with Crippen LogP contribution in [-0.4, -0.2) is 21.2 Å². The fourth-order valence-corrected chi connectivity index (χ4v) is 2.33. The lowest BCUT2D eigenvalue weighted by Crippen LogP contribution is -2.17. The molecule has 84 valence electrons. The molecular formula is C12H20N2O. The van der Waals surface area contributed by atoms with Crippen molar-refractivity contribution in [3.63, 3.8) is 0 Å². The number of nitrogens with one attached hydrogen (secondary N) is 1. The van der Waals surface area contributed by atoms with E-state index in [-0.39, 0.29) is 6.10 Å². The molecule has 2 rings (SSSR count). The molecule has 0 aromatic carbocycles. The van der Waals surface area contributed by atoms with Gasteiger partial charge in [-0.25, -0.2) is 4.98 Å². The molecule has 3 heteroatoms. The lowest BCUT2D eigenvalue weighted by atomic mass is 9.87. The molecule has 0 unspecified atom stereocenters. The van der Waals surface area contributed by atoms with Crippen molar-refractivity contribution >= 4 is 0 Å². The molecule has 1 saturated carbocycles. The number of rotatable bonds is 3. The first-order valence-corrected chi connectivity index (χ1v) is 6.01. The zero-order valence-electron chi connectivity index (χ0n) is 9.37. The molecule has 0 radical (unpaired) electrons. The van der Waals surface area contributed by atoms with Crippen LogP contribution in [0.2, 0.25) is 0 Å². The summed E-state index contributed by atoms with van der Waals surface area (Å²) in [6, 6.07) is 0. The number of aliphatic hydroxyl groups excluding tert-OH is 1. The van der Waals surface area contributed by atoms with Crippen molar-refractivity contribution in [2.75, 3.05) is 0 Å². The Balaban J connectivity index is 1.96. The van der Waals surface area contributed by atoms with Crippen LogP contribution in [0.3, 0.4) is 0 Å². The van der Waals surface area contributed by atoms with Crippen LogP contribution in [0, 0.1) is 0 Å². The summed E-state index contributed by atoms with van der Waals surface area (Å²) >= 11 is 0. The number of H-pyrrole nitrogens is 1. The third kappa shape index (κ3) is 2.59. The summed E-state index contributed by atoms with van der Waals surface area (Å²) in [7, 11) is 0. The van der Waals surface area contributed by atoms with Crippen molar-refractivity contribution in [3.8, 4) is 0 Å². The van der Waals surface area contributed by atoms with Crippen LogP contribution in [-0.2, 0) is 6.42 Å². The number of hydrogen-bond donors (Lipinski definition) is 2. The molecule has 15 heavy (non-hydrogen) atoms. The Bertz CT molecular complexity index is 300. The molecule has 1 heterocycles. The van der Waals surface area contributed by atoms with Gasteiger partial charge in [-0.1, -0.05) is 13.3 Å². The minimum atomic E-state index is -0.0775. The fourth-order valence-electron chi connectivity index (χ4n) is 2.33. The summed E-state index contributed by atoms with van der Waals surface area (Å²) in [5.41, 5.74) is 1.25. The number of aromatic nitrogens is 2. The summed E-state index contributed by atoms with van der Waals surface area (Å²) < 4.78 is 0. The average Bonchev–Trinajstić information content (AvgIpc) is 2.68. The molecule has 1 fully saturated rings. The molecule has 0 aliphatic heterocycles. The molecule has 1 aromatic rings. The van der Waals surface area contributed by atoms with Gasteiger partial charge in [0, 0.05) is 17.8 Å². The standard InChI is InChI=1S/C12H20N2O/c1-2-3-10-8-13-12(14-10)9-4-6-11(15)7-5-9/h8-9,11,15H,2-7H2,1H3,(H,13,14). The molecule has 0 bridgehead atoms. The first kappa shape index (κ1) is 10.7. The van der Waals surface area contributed by atoms with E-state index in [1.807, 2.05) is 6.20 Å². The number of aromatic amines is 1. The molecule has 1 aliphatic carbocycles. The van der Waals surface area contributed by atoms with Crippen LogP contribution in [0.4, 0.5) is 0 Å². The molecule has 0 spiro atoms. The first-order valence-electron chi connectivity index (χ1n) is 6.01. The number of imidazole rings is 1. The molecule has 2 N–H and O–H groups in total. The lowest BCUT2D eigenvalue weighted by Gasteiger charge is -2.23. The van der Waals surface area contributed by atoms with Crippen molar-refractivity contribution in [1.29, 1.82) is 0 Å². The van der Waals surface area contributed by atoms with E-state index in [0.717, 1.165) is 44.3 Å².